The zero-order chi connectivity index (χ0) is 11.8. The van der Waals surface area contributed by atoms with Crippen LogP contribution in [-0.2, 0) is 11.0 Å². The van der Waals surface area contributed by atoms with Crippen LogP contribution in [0, 0.1) is 0 Å². The molecule has 0 unspecified atom stereocenters. The lowest BCUT2D eigenvalue weighted by molar-refractivity contribution is -0.137. The predicted octanol–water partition coefficient (Wildman–Crippen LogP) is 3.15. The summed E-state index contributed by atoms with van der Waals surface area (Å²) in [5.74, 6) is 0.157. The number of anilines is 1. The molecule has 1 fully saturated rings. The van der Waals surface area contributed by atoms with Gasteiger partial charge in [-0.25, -0.2) is 0 Å². The zero-order valence-corrected chi connectivity index (χ0v) is 8.34. The Balaban J connectivity index is 2.39. The summed E-state index contributed by atoms with van der Waals surface area (Å²) in [5, 5.41) is 2.43. The first kappa shape index (κ1) is 11.0. The van der Waals surface area contributed by atoms with Gasteiger partial charge in [-0.2, -0.15) is 13.2 Å². The lowest BCUT2D eigenvalue weighted by atomic mass is 10.0. The van der Waals surface area contributed by atoms with Crippen LogP contribution in [0.5, 0.6) is 0 Å². The molecule has 16 heavy (non-hydrogen) atoms. The number of carbonyl (C=O) groups is 1. The molecule has 2 nitrogen and oxygen atoms in total. The molecule has 1 aromatic carbocycles. The lowest BCUT2D eigenvalue weighted by Crippen LogP contribution is -2.07. The van der Waals surface area contributed by atoms with Crippen LogP contribution in [0.3, 0.4) is 0 Å². The van der Waals surface area contributed by atoms with Gasteiger partial charge in [0.25, 0.3) is 0 Å². The summed E-state index contributed by atoms with van der Waals surface area (Å²) in [5.41, 5.74) is 0.401. The molecule has 0 aliphatic heterocycles. The topological polar surface area (TPSA) is 29.1 Å². The highest BCUT2D eigenvalue weighted by atomic mass is 19.4. The Morgan fingerprint density at radius 2 is 2.00 bits per heavy atom. The number of halogens is 3. The first-order chi connectivity index (χ1) is 7.52. The number of benzene rings is 1. The number of hydrogen-bond donors (Lipinski definition) is 1. The summed E-state index contributed by atoms with van der Waals surface area (Å²) in [6, 6.07) is 3.42. The average molecular weight is 229 g/mol. The Bertz CT molecular complexity index is 410. The Hall–Kier alpha value is -1.52. The van der Waals surface area contributed by atoms with Crippen LogP contribution in [0.15, 0.2) is 18.2 Å². The highest BCUT2D eigenvalue weighted by molar-refractivity contribution is 5.74. The molecular formula is C11H10F3NO. The second-order valence-electron chi connectivity index (χ2n) is 3.84. The van der Waals surface area contributed by atoms with Gasteiger partial charge < -0.3 is 5.32 Å². The molecule has 5 heteroatoms. The number of nitrogens with one attached hydrogen (secondary N) is 1. The summed E-state index contributed by atoms with van der Waals surface area (Å²) in [7, 11) is 0. The van der Waals surface area contributed by atoms with Gasteiger partial charge in [0.15, 0.2) is 0 Å². The minimum absolute atomic E-state index is 0.157. The van der Waals surface area contributed by atoms with E-state index in [4.69, 9.17) is 0 Å². The number of alkyl halides is 3. The van der Waals surface area contributed by atoms with Crippen molar-refractivity contribution >= 4 is 12.1 Å². The largest absolute Gasteiger partial charge is 0.416 e. The molecule has 0 atom stereocenters. The van der Waals surface area contributed by atoms with Crippen molar-refractivity contribution in [3.63, 3.8) is 0 Å². The van der Waals surface area contributed by atoms with Crippen molar-refractivity contribution < 1.29 is 18.0 Å². The van der Waals surface area contributed by atoms with Crippen molar-refractivity contribution in [2.45, 2.75) is 24.9 Å². The molecule has 0 radical (unpaired) electrons. The normalized spacial score (nSPS) is 15.9. The van der Waals surface area contributed by atoms with Gasteiger partial charge >= 0.3 is 6.18 Å². The van der Waals surface area contributed by atoms with Crippen molar-refractivity contribution in [2.75, 3.05) is 5.32 Å². The monoisotopic (exact) mass is 229 g/mol. The molecule has 1 amide bonds. The van der Waals surface area contributed by atoms with E-state index >= 15 is 0 Å². The van der Waals surface area contributed by atoms with E-state index in [-0.39, 0.29) is 5.92 Å². The van der Waals surface area contributed by atoms with Crippen LogP contribution in [0.4, 0.5) is 18.9 Å². The van der Waals surface area contributed by atoms with Gasteiger partial charge in [-0.3, -0.25) is 4.79 Å². The second kappa shape index (κ2) is 3.81. The van der Waals surface area contributed by atoms with Gasteiger partial charge in [-0.1, -0.05) is 0 Å². The highest BCUT2D eigenvalue weighted by Crippen LogP contribution is 2.45. The van der Waals surface area contributed by atoms with Crippen molar-refractivity contribution in [2.24, 2.45) is 0 Å². The van der Waals surface area contributed by atoms with E-state index in [0.717, 1.165) is 25.0 Å². The zero-order valence-electron chi connectivity index (χ0n) is 8.34. The van der Waals surface area contributed by atoms with Crippen LogP contribution < -0.4 is 5.32 Å². The molecule has 1 aliphatic carbocycles. The summed E-state index contributed by atoms with van der Waals surface area (Å²) in [6.45, 7) is 0. The summed E-state index contributed by atoms with van der Waals surface area (Å²) in [4.78, 5) is 10.3. The third-order valence-electron chi connectivity index (χ3n) is 2.61. The molecule has 1 aromatic rings. The third kappa shape index (κ3) is 2.18. The second-order valence-corrected chi connectivity index (χ2v) is 3.84. The molecule has 0 spiro atoms. The van der Waals surface area contributed by atoms with Gasteiger partial charge in [-0.05, 0) is 42.5 Å². The van der Waals surface area contributed by atoms with Gasteiger partial charge in [0, 0.05) is 5.69 Å². The quantitative estimate of drug-likeness (QED) is 0.792. The maximum absolute atomic E-state index is 12.5. The molecule has 1 saturated carbocycles. The Morgan fingerprint density at radius 1 is 1.31 bits per heavy atom. The number of carbonyl (C=O) groups excluding carboxylic acids is 1. The lowest BCUT2D eigenvalue weighted by Gasteiger charge is -2.12. The van der Waals surface area contributed by atoms with Crippen molar-refractivity contribution in [1.29, 1.82) is 0 Å². The van der Waals surface area contributed by atoms with E-state index in [1.807, 2.05) is 0 Å². The van der Waals surface area contributed by atoms with Crippen molar-refractivity contribution in [1.82, 2.24) is 0 Å². The smallest absolute Gasteiger partial charge is 0.328 e. The van der Waals surface area contributed by atoms with Crippen molar-refractivity contribution in [3.05, 3.63) is 29.3 Å². The molecule has 0 aromatic heterocycles. The first-order valence-corrected chi connectivity index (χ1v) is 4.93. The molecule has 0 bridgehead atoms. The van der Waals surface area contributed by atoms with Crippen LogP contribution in [0.25, 0.3) is 0 Å². The molecule has 0 saturated heterocycles. The fourth-order valence-electron chi connectivity index (χ4n) is 1.67. The maximum Gasteiger partial charge on any atom is 0.416 e. The van der Waals surface area contributed by atoms with Crippen molar-refractivity contribution in [3.8, 4) is 0 Å². The molecule has 0 heterocycles. The van der Waals surface area contributed by atoms with Gasteiger partial charge in [0.05, 0.1) is 5.56 Å². The standard InChI is InChI=1S/C11H10F3NO/c12-11(13,14)8-3-4-10(15-6-16)9(5-8)7-1-2-7/h3-7H,1-2H2,(H,15,16). The third-order valence-corrected chi connectivity index (χ3v) is 2.61. The molecule has 1 N–H and O–H groups in total. The van der Waals surface area contributed by atoms with Gasteiger partial charge in [0.2, 0.25) is 6.41 Å². The SMILES string of the molecule is O=CNc1ccc(C(F)(F)F)cc1C1CC1. The van der Waals surface area contributed by atoms with E-state index in [1.165, 1.54) is 6.07 Å². The molecular weight excluding hydrogens is 219 g/mol. The Kier molecular flexibility index (Phi) is 2.61. The minimum Gasteiger partial charge on any atom is -0.328 e. The van der Waals surface area contributed by atoms with E-state index in [0.29, 0.717) is 17.7 Å². The van der Waals surface area contributed by atoms with Crippen LogP contribution in [0.2, 0.25) is 0 Å². The molecule has 1 aliphatic rings. The summed E-state index contributed by atoms with van der Waals surface area (Å²) in [6.07, 6.45) is -2.08. The highest BCUT2D eigenvalue weighted by Gasteiger charge is 2.33. The number of rotatable bonds is 3. The number of hydrogen-bond acceptors (Lipinski definition) is 1. The fraction of sp³-hybridized carbons (Fsp3) is 0.364. The van der Waals surface area contributed by atoms with Gasteiger partial charge in [-0.15, -0.1) is 0 Å². The Labute approximate surface area is 90.5 Å². The predicted molar refractivity (Wildman–Crippen MR) is 53.1 cm³/mol. The summed E-state index contributed by atoms with van der Waals surface area (Å²) >= 11 is 0. The van der Waals surface area contributed by atoms with E-state index < -0.39 is 11.7 Å². The van der Waals surface area contributed by atoms with Crippen LogP contribution in [0.1, 0.15) is 29.9 Å². The van der Waals surface area contributed by atoms with E-state index in [1.54, 1.807) is 0 Å². The van der Waals surface area contributed by atoms with Crippen LogP contribution >= 0.6 is 0 Å². The van der Waals surface area contributed by atoms with E-state index in [9.17, 15) is 18.0 Å². The minimum atomic E-state index is -4.33. The average Bonchev–Trinajstić information content (AvgIpc) is 3.00. The fourth-order valence-corrected chi connectivity index (χ4v) is 1.67. The molecule has 2 rings (SSSR count). The molecule has 86 valence electrons. The van der Waals surface area contributed by atoms with Crippen LogP contribution in [-0.4, -0.2) is 6.41 Å². The van der Waals surface area contributed by atoms with E-state index in [2.05, 4.69) is 5.32 Å². The summed E-state index contributed by atoms with van der Waals surface area (Å²) < 4.78 is 37.4. The Morgan fingerprint density at radius 3 is 2.50 bits per heavy atom. The number of amides is 1. The van der Waals surface area contributed by atoms with Gasteiger partial charge in [0.1, 0.15) is 0 Å². The first-order valence-electron chi connectivity index (χ1n) is 4.93. The maximum atomic E-state index is 12.5.